The lowest BCUT2D eigenvalue weighted by Gasteiger charge is -2.12. The third-order valence-corrected chi connectivity index (χ3v) is 5.31. The molecule has 4 nitrogen and oxygen atoms in total. The van der Waals surface area contributed by atoms with Crippen molar-refractivity contribution in [2.24, 2.45) is 5.92 Å². The molecule has 0 aromatic carbocycles. The number of hydrogen-bond acceptors (Lipinski definition) is 4. The first-order valence-corrected chi connectivity index (χ1v) is 8.53. The number of aromatic nitrogens is 2. The van der Waals surface area contributed by atoms with Crippen LogP contribution in [0.25, 0.3) is 0 Å². The Labute approximate surface area is 117 Å². The molecule has 0 saturated heterocycles. The van der Waals surface area contributed by atoms with Crippen LogP contribution in [0, 0.1) is 5.92 Å². The SMILES string of the molecule is CC(C)CCCS(=O)(=O)C(C)c1ncc(Br)cn1. The van der Waals surface area contributed by atoms with E-state index < -0.39 is 15.1 Å². The van der Waals surface area contributed by atoms with E-state index in [4.69, 9.17) is 0 Å². The van der Waals surface area contributed by atoms with Crippen molar-refractivity contribution in [3.63, 3.8) is 0 Å². The van der Waals surface area contributed by atoms with E-state index in [1.165, 1.54) is 0 Å². The van der Waals surface area contributed by atoms with Gasteiger partial charge >= 0.3 is 0 Å². The number of rotatable bonds is 6. The molecular formula is C12H19BrN2O2S. The molecule has 0 bridgehead atoms. The first kappa shape index (κ1) is 15.6. The van der Waals surface area contributed by atoms with Crippen molar-refractivity contribution in [2.45, 2.75) is 38.9 Å². The van der Waals surface area contributed by atoms with Crippen LogP contribution in [0.15, 0.2) is 16.9 Å². The van der Waals surface area contributed by atoms with Crippen LogP contribution >= 0.6 is 15.9 Å². The predicted molar refractivity (Wildman–Crippen MR) is 76.0 cm³/mol. The molecule has 1 heterocycles. The van der Waals surface area contributed by atoms with E-state index in [9.17, 15) is 8.42 Å². The molecule has 0 radical (unpaired) electrons. The fourth-order valence-electron chi connectivity index (χ4n) is 1.56. The highest BCUT2D eigenvalue weighted by Crippen LogP contribution is 2.21. The number of halogens is 1. The summed E-state index contributed by atoms with van der Waals surface area (Å²) in [5.74, 6) is 1.09. The Hall–Kier alpha value is -0.490. The fraction of sp³-hybridized carbons (Fsp3) is 0.667. The van der Waals surface area contributed by atoms with E-state index in [-0.39, 0.29) is 5.75 Å². The summed E-state index contributed by atoms with van der Waals surface area (Å²) in [6.07, 6.45) is 4.76. The van der Waals surface area contributed by atoms with Crippen molar-refractivity contribution in [1.82, 2.24) is 9.97 Å². The summed E-state index contributed by atoms with van der Waals surface area (Å²) >= 11 is 3.23. The maximum absolute atomic E-state index is 12.1. The van der Waals surface area contributed by atoms with Gasteiger partial charge in [0.2, 0.25) is 0 Å². The lowest BCUT2D eigenvalue weighted by molar-refractivity contribution is 0.553. The lowest BCUT2D eigenvalue weighted by atomic mass is 10.1. The van der Waals surface area contributed by atoms with Gasteiger partial charge in [0.1, 0.15) is 11.1 Å². The molecule has 6 heteroatoms. The molecule has 102 valence electrons. The van der Waals surface area contributed by atoms with Crippen molar-refractivity contribution in [3.05, 3.63) is 22.7 Å². The molecular weight excluding hydrogens is 316 g/mol. The van der Waals surface area contributed by atoms with Gasteiger partial charge in [-0.1, -0.05) is 20.3 Å². The third-order valence-electron chi connectivity index (χ3n) is 2.75. The first-order chi connectivity index (χ1) is 8.33. The topological polar surface area (TPSA) is 59.9 Å². The van der Waals surface area contributed by atoms with Crippen molar-refractivity contribution >= 4 is 25.8 Å². The van der Waals surface area contributed by atoms with Crippen LogP contribution in [0.4, 0.5) is 0 Å². The zero-order chi connectivity index (χ0) is 13.8. The normalized spacial score (nSPS) is 13.8. The van der Waals surface area contributed by atoms with Gasteiger partial charge in [-0.3, -0.25) is 0 Å². The molecule has 1 atom stereocenters. The van der Waals surface area contributed by atoms with Gasteiger partial charge in [-0.15, -0.1) is 0 Å². The van der Waals surface area contributed by atoms with Crippen LogP contribution in [-0.4, -0.2) is 24.1 Å². The highest BCUT2D eigenvalue weighted by molar-refractivity contribution is 9.10. The van der Waals surface area contributed by atoms with Gasteiger partial charge in [0.05, 0.1) is 10.2 Å². The molecule has 18 heavy (non-hydrogen) atoms. The van der Waals surface area contributed by atoms with Gasteiger partial charge in [-0.05, 0) is 35.2 Å². The zero-order valence-electron chi connectivity index (χ0n) is 10.9. The molecule has 1 aromatic heterocycles. The van der Waals surface area contributed by atoms with E-state index >= 15 is 0 Å². The molecule has 0 fully saturated rings. The highest BCUT2D eigenvalue weighted by atomic mass is 79.9. The Morgan fingerprint density at radius 2 is 1.78 bits per heavy atom. The molecule has 0 spiro atoms. The average Bonchev–Trinajstić information content (AvgIpc) is 2.28. The molecule has 1 unspecified atom stereocenters. The van der Waals surface area contributed by atoms with Gasteiger partial charge in [-0.2, -0.15) is 0 Å². The molecule has 0 N–H and O–H groups in total. The zero-order valence-corrected chi connectivity index (χ0v) is 13.3. The molecule has 1 aromatic rings. The molecule has 0 amide bonds. The summed E-state index contributed by atoms with van der Waals surface area (Å²) < 4.78 is 25.0. The number of nitrogens with zero attached hydrogens (tertiary/aromatic N) is 2. The summed E-state index contributed by atoms with van der Waals surface area (Å²) in [7, 11) is -3.16. The fourth-order valence-corrected chi connectivity index (χ4v) is 3.13. The van der Waals surface area contributed by atoms with Crippen LogP contribution in [0.5, 0.6) is 0 Å². The quantitative estimate of drug-likeness (QED) is 0.801. The van der Waals surface area contributed by atoms with E-state index in [0.717, 1.165) is 10.9 Å². The largest absolute Gasteiger partial charge is 0.239 e. The molecule has 0 aliphatic heterocycles. The summed E-state index contributed by atoms with van der Waals surface area (Å²) in [4.78, 5) is 8.10. The maximum atomic E-state index is 12.1. The van der Waals surface area contributed by atoms with Crippen LogP contribution in [-0.2, 0) is 9.84 Å². The maximum Gasteiger partial charge on any atom is 0.160 e. The van der Waals surface area contributed by atoms with E-state index in [1.54, 1.807) is 19.3 Å². The second-order valence-corrected chi connectivity index (χ2v) is 8.16. The molecule has 1 rings (SSSR count). The Bertz CT molecular complexity index is 471. The minimum atomic E-state index is -3.16. The van der Waals surface area contributed by atoms with Gasteiger partial charge in [0, 0.05) is 12.4 Å². The van der Waals surface area contributed by atoms with Crippen molar-refractivity contribution in [2.75, 3.05) is 5.75 Å². The summed E-state index contributed by atoms with van der Waals surface area (Å²) in [5.41, 5.74) is 0. The molecule has 0 aliphatic rings. The Morgan fingerprint density at radius 3 is 2.28 bits per heavy atom. The van der Waals surface area contributed by atoms with Gasteiger partial charge in [-0.25, -0.2) is 18.4 Å². The highest BCUT2D eigenvalue weighted by Gasteiger charge is 2.24. The Balaban J connectivity index is 2.69. The van der Waals surface area contributed by atoms with E-state index in [1.807, 2.05) is 0 Å². The third kappa shape index (κ3) is 4.65. The van der Waals surface area contributed by atoms with Gasteiger partial charge < -0.3 is 0 Å². The molecule has 0 saturated carbocycles. The van der Waals surface area contributed by atoms with Crippen molar-refractivity contribution < 1.29 is 8.42 Å². The second kappa shape index (κ2) is 6.61. The smallest absolute Gasteiger partial charge is 0.160 e. The number of sulfone groups is 1. The van der Waals surface area contributed by atoms with E-state index in [0.29, 0.717) is 18.2 Å². The predicted octanol–water partition coefficient (Wildman–Crippen LogP) is 3.15. The summed E-state index contributed by atoms with van der Waals surface area (Å²) in [5, 5.41) is -0.641. The lowest BCUT2D eigenvalue weighted by Crippen LogP contribution is -2.17. The molecule has 0 aliphatic carbocycles. The van der Waals surface area contributed by atoms with Crippen LogP contribution in [0.3, 0.4) is 0 Å². The standard InChI is InChI=1S/C12H19BrN2O2S/c1-9(2)5-4-6-18(16,17)10(3)12-14-7-11(13)8-15-12/h7-10H,4-6H2,1-3H3. The van der Waals surface area contributed by atoms with Crippen LogP contribution in [0.1, 0.15) is 44.7 Å². The van der Waals surface area contributed by atoms with Gasteiger partial charge in [0.15, 0.2) is 9.84 Å². The van der Waals surface area contributed by atoms with Crippen LogP contribution < -0.4 is 0 Å². The van der Waals surface area contributed by atoms with Crippen molar-refractivity contribution in [3.8, 4) is 0 Å². The number of hydrogen-bond donors (Lipinski definition) is 0. The summed E-state index contributed by atoms with van der Waals surface area (Å²) in [6, 6.07) is 0. The first-order valence-electron chi connectivity index (χ1n) is 6.02. The second-order valence-electron chi connectivity index (χ2n) is 4.80. The minimum Gasteiger partial charge on any atom is -0.239 e. The van der Waals surface area contributed by atoms with E-state index in [2.05, 4.69) is 39.7 Å². The average molecular weight is 335 g/mol. The van der Waals surface area contributed by atoms with Crippen LogP contribution in [0.2, 0.25) is 0 Å². The minimum absolute atomic E-state index is 0.200. The summed E-state index contributed by atoms with van der Waals surface area (Å²) in [6.45, 7) is 5.83. The van der Waals surface area contributed by atoms with Gasteiger partial charge in [0.25, 0.3) is 0 Å². The Kier molecular flexibility index (Phi) is 5.72. The van der Waals surface area contributed by atoms with Crippen molar-refractivity contribution in [1.29, 1.82) is 0 Å². The monoisotopic (exact) mass is 334 g/mol. The Morgan fingerprint density at radius 1 is 1.22 bits per heavy atom.